The van der Waals surface area contributed by atoms with Crippen LogP contribution in [0.15, 0.2) is 47.5 Å². The zero-order valence-corrected chi connectivity index (χ0v) is 16.4. The van der Waals surface area contributed by atoms with Crippen molar-refractivity contribution in [2.24, 2.45) is 10.9 Å². The number of nitrogens with zero attached hydrogens (tertiary/aromatic N) is 3. The fraction of sp³-hybridized carbons (Fsp3) is 0.591. The van der Waals surface area contributed by atoms with Crippen LogP contribution in [0.5, 0.6) is 0 Å². The molecule has 0 radical (unpaired) electrons. The third-order valence-electron chi connectivity index (χ3n) is 5.98. The Morgan fingerprint density at radius 2 is 2.00 bits per heavy atom. The molecule has 3 aliphatic heterocycles. The van der Waals surface area contributed by atoms with Crippen molar-refractivity contribution < 1.29 is 4.74 Å². The number of benzene rings is 1. The first-order valence-corrected chi connectivity index (χ1v) is 10.4. The molecule has 0 spiro atoms. The zero-order valence-electron chi connectivity index (χ0n) is 16.4. The molecule has 4 rings (SSSR count). The molecule has 0 saturated carbocycles. The first kappa shape index (κ1) is 18.5. The lowest BCUT2D eigenvalue weighted by Gasteiger charge is -2.26. The molecule has 1 N–H and O–H groups in total. The van der Waals surface area contributed by atoms with Crippen LogP contribution in [-0.2, 0) is 4.74 Å². The maximum Gasteiger partial charge on any atom is 0.193 e. The highest BCUT2D eigenvalue weighted by Gasteiger charge is 2.31. The molecule has 3 unspecified atom stereocenters. The van der Waals surface area contributed by atoms with Crippen LogP contribution in [0.3, 0.4) is 0 Å². The number of hydrogen-bond acceptors (Lipinski definition) is 3. The molecular weight excluding hydrogens is 336 g/mol. The zero-order chi connectivity index (χ0) is 18.5. The van der Waals surface area contributed by atoms with Gasteiger partial charge in [0.15, 0.2) is 5.96 Å². The highest BCUT2D eigenvalue weighted by Crippen LogP contribution is 2.34. The van der Waals surface area contributed by atoms with E-state index in [-0.39, 0.29) is 6.10 Å². The standard InChI is InChI=1S/C22H32N4O/c1-2-23-22(26-14-10-20(17-26)25-12-6-7-13-25)24-16-19-11-15-27-21(19)18-8-4-3-5-9-18/h3-9,19-21H,2,10-17H2,1H3,(H,23,24). The third-order valence-corrected chi connectivity index (χ3v) is 5.98. The lowest BCUT2D eigenvalue weighted by atomic mass is 9.95. The fourth-order valence-corrected chi connectivity index (χ4v) is 4.49. The second-order valence-electron chi connectivity index (χ2n) is 7.76. The van der Waals surface area contributed by atoms with E-state index in [4.69, 9.17) is 9.73 Å². The van der Waals surface area contributed by atoms with Crippen LogP contribution in [0.1, 0.15) is 31.4 Å². The minimum atomic E-state index is 0.180. The molecule has 0 aromatic heterocycles. The molecule has 5 nitrogen and oxygen atoms in total. The number of ether oxygens (including phenoxy) is 1. The summed E-state index contributed by atoms with van der Waals surface area (Å²) in [6.45, 7) is 9.10. The van der Waals surface area contributed by atoms with Gasteiger partial charge in [-0.1, -0.05) is 42.5 Å². The van der Waals surface area contributed by atoms with Crippen LogP contribution < -0.4 is 5.32 Å². The molecule has 146 valence electrons. The van der Waals surface area contributed by atoms with Crippen molar-refractivity contribution in [2.75, 3.05) is 45.9 Å². The Labute approximate surface area is 163 Å². The molecule has 27 heavy (non-hydrogen) atoms. The minimum absolute atomic E-state index is 0.180. The molecular formula is C22H32N4O. The molecule has 3 aliphatic rings. The Kier molecular flexibility index (Phi) is 6.10. The molecule has 0 aliphatic carbocycles. The van der Waals surface area contributed by atoms with Gasteiger partial charge in [-0.2, -0.15) is 0 Å². The summed E-state index contributed by atoms with van der Waals surface area (Å²) in [7, 11) is 0. The molecule has 5 heteroatoms. The Morgan fingerprint density at radius 1 is 1.19 bits per heavy atom. The normalized spacial score (nSPS) is 29.0. The van der Waals surface area contributed by atoms with Crippen molar-refractivity contribution in [1.29, 1.82) is 0 Å². The van der Waals surface area contributed by atoms with Crippen LogP contribution in [0, 0.1) is 5.92 Å². The Morgan fingerprint density at radius 3 is 2.78 bits per heavy atom. The van der Waals surface area contributed by atoms with Gasteiger partial charge in [0.1, 0.15) is 0 Å². The molecule has 1 aromatic carbocycles. The average molecular weight is 369 g/mol. The van der Waals surface area contributed by atoms with Gasteiger partial charge < -0.3 is 15.0 Å². The van der Waals surface area contributed by atoms with E-state index in [1.807, 2.05) is 0 Å². The minimum Gasteiger partial charge on any atom is -0.373 e. The third kappa shape index (κ3) is 4.36. The second-order valence-corrected chi connectivity index (χ2v) is 7.76. The lowest BCUT2D eigenvalue weighted by Crippen LogP contribution is -2.43. The monoisotopic (exact) mass is 368 g/mol. The van der Waals surface area contributed by atoms with E-state index < -0.39 is 0 Å². The van der Waals surface area contributed by atoms with Crippen LogP contribution in [0.25, 0.3) is 0 Å². The first-order valence-electron chi connectivity index (χ1n) is 10.4. The van der Waals surface area contributed by atoms with Gasteiger partial charge in [0.2, 0.25) is 0 Å². The highest BCUT2D eigenvalue weighted by molar-refractivity contribution is 5.80. The maximum atomic E-state index is 6.04. The molecule has 3 heterocycles. The van der Waals surface area contributed by atoms with Gasteiger partial charge in [0, 0.05) is 57.8 Å². The second kappa shape index (κ2) is 8.89. The summed E-state index contributed by atoms with van der Waals surface area (Å²) in [5.74, 6) is 1.54. The van der Waals surface area contributed by atoms with Crippen molar-refractivity contribution in [3.63, 3.8) is 0 Å². The maximum absolute atomic E-state index is 6.04. The van der Waals surface area contributed by atoms with Gasteiger partial charge in [-0.15, -0.1) is 0 Å². The highest BCUT2D eigenvalue weighted by atomic mass is 16.5. The van der Waals surface area contributed by atoms with Crippen molar-refractivity contribution >= 4 is 5.96 Å². The van der Waals surface area contributed by atoms with E-state index in [1.165, 1.54) is 12.0 Å². The first-order chi connectivity index (χ1) is 13.3. The smallest absolute Gasteiger partial charge is 0.193 e. The Hall–Kier alpha value is -1.85. The van der Waals surface area contributed by atoms with Crippen molar-refractivity contribution in [3.05, 3.63) is 48.0 Å². The van der Waals surface area contributed by atoms with Gasteiger partial charge in [0.05, 0.1) is 6.10 Å². The molecule has 2 saturated heterocycles. The predicted molar refractivity (Wildman–Crippen MR) is 110 cm³/mol. The van der Waals surface area contributed by atoms with Crippen LogP contribution in [0.2, 0.25) is 0 Å². The topological polar surface area (TPSA) is 40.1 Å². The largest absolute Gasteiger partial charge is 0.373 e. The van der Waals surface area contributed by atoms with Crippen LogP contribution >= 0.6 is 0 Å². The van der Waals surface area contributed by atoms with Crippen LogP contribution in [-0.4, -0.2) is 67.7 Å². The van der Waals surface area contributed by atoms with E-state index in [2.05, 4.69) is 64.5 Å². The molecule has 3 atom stereocenters. The van der Waals surface area contributed by atoms with E-state index in [0.717, 1.165) is 58.3 Å². The van der Waals surface area contributed by atoms with Crippen molar-refractivity contribution in [3.8, 4) is 0 Å². The number of rotatable bonds is 5. The van der Waals surface area contributed by atoms with Gasteiger partial charge in [-0.25, -0.2) is 0 Å². The Balaban J connectivity index is 1.39. The summed E-state index contributed by atoms with van der Waals surface area (Å²) < 4.78 is 6.04. The lowest BCUT2D eigenvalue weighted by molar-refractivity contribution is 0.0925. The summed E-state index contributed by atoms with van der Waals surface area (Å²) in [6, 6.07) is 11.3. The van der Waals surface area contributed by atoms with E-state index >= 15 is 0 Å². The average Bonchev–Trinajstić information content (AvgIpc) is 3.47. The number of nitrogens with one attached hydrogen (secondary N) is 1. The number of likely N-dealkylation sites (tertiary alicyclic amines) is 1. The van der Waals surface area contributed by atoms with Crippen molar-refractivity contribution in [1.82, 2.24) is 15.1 Å². The summed E-state index contributed by atoms with van der Waals surface area (Å²) in [4.78, 5) is 10.0. The van der Waals surface area contributed by atoms with E-state index in [9.17, 15) is 0 Å². The number of hydrogen-bond donors (Lipinski definition) is 1. The molecule has 2 fully saturated rings. The molecule has 1 aromatic rings. The summed E-state index contributed by atoms with van der Waals surface area (Å²) in [5.41, 5.74) is 1.28. The van der Waals surface area contributed by atoms with Gasteiger partial charge in [-0.3, -0.25) is 9.89 Å². The van der Waals surface area contributed by atoms with Gasteiger partial charge in [-0.05, 0) is 25.3 Å². The Bertz CT molecular complexity index is 652. The van der Waals surface area contributed by atoms with Gasteiger partial charge in [0.25, 0.3) is 0 Å². The quantitative estimate of drug-likeness (QED) is 0.493. The summed E-state index contributed by atoms with van der Waals surface area (Å²) in [6.07, 6.45) is 7.06. The van der Waals surface area contributed by atoms with E-state index in [1.54, 1.807) is 0 Å². The fourth-order valence-electron chi connectivity index (χ4n) is 4.49. The van der Waals surface area contributed by atoms with Crippen molar-refractivity contribution in [2.45, 2.75) is 31.9 Å². The number of aliphatic imine (C=N–C) groups is 1. The molecule has 0 amide bonds. The predicted octanol–water partition coefficient (Wildman–Crippen LogP) is 2.68. The SMILES string of the molecule is CCNC(=NCC1CCOC1c1ccccc1)N1CCC(N2CC=CC2)C1. The summed E-state index contributed by atoms with van der Waals surface area (Å²) in [5, 5.41) is 3.52. The van der Waals surface area contributed by atoms with Gasteiger partial charge >= 0.3 is 0 Å². The van der Waals surface area contributed by atoms with Crippen LogP contribution in [0.4, 0.5) is 0 Å². The molecule has 0 bridgehead atoms. The van der Waals surface area contributed by atoms with E-state index in [0.29, 0.717) is 12.0 Å². The number of guanidine groups is 1. The summed E-state index contributed by atoms with van der Waals surface area (Å²) >= 11 is 0.